The lowest BCUT2D eigenvalue weighted by molar-refractivity contribution is -0.0499. The minimum atomic E-state index is -5.81. The number of rotatable bonds is 6. The van der Waals surface area contributed by atoms with Gasteiger partial charge in [-0.05, 0) is 56.4 Å². The van der Waals surface area contributed by atoms with Gasteiger partial charge in [-0.2, -0.15) is 26.6 Å². The van der Waals surface area contributed by atoms with E-state index in [0.29, 0.717) is 29.5 Å². The molecule has 2 aromatic heterocycles. The number of hydrogen-bond donors (Lipinski definition) is 1. The van der Waals surface area contributed by atoms with Crippen LogP contribution in [-0.2, 0) is 29.5 Å². The molecule has 1 aliphatic rings. The Morgan fingerprint density at radius 3 is 2.53 bits per heavy atom. The highest BCUT2D eigenvalue weighted by Gasteiger charge is 2.48. The highest BCUT2D eigenvalue weighted by atomic mass is 32.2. The third-order valence-electron chi connectivity index (χ3n) is 6.15. The first kappa shape index (κ1) is 24.1. The lowest BCUT2D eigenvalue weighted by Gasteiger charge is -2.21. The van der Waals surface area contributed by atoms with Crippen molar-refractivity contribution < 1.29 is 25.8 Å². The summed E-state index contributed by atoms with van der Waals surface area (Å²) < 4.78 is 68.2. The quantitative estimate of drug-likeness (QED) is 0.271. The van der Waals surface area contributed by atoms with Gasteiger partial charge in [-0.3, -0.25) is 4.57 Å². The largest absolute Gasteiger partial charge is 0.534 e. The van der Waals surface area contributed by atoms with E-state index in [1.54, 1.807) is 23.6 Å². The van der Waals surface area contributed by atoms with Gasteiger partial charge in [0, 0.05) is 23.2 Å². The van der Waals surface area contributed by atoms with Gasteiger partial charge in [0.15, 0.2) is 5.75 Å². The molecule has 188 valence electrons. The minimum Gasteiger partial charge on any atom is -0.375 e. The van der Waals surface area contributed by atoms with E-state index in [9.17, 15) is 21.6 Å². The number of anilines is 1. The molecule has 2 heterocycles. The van der Waals surface area contributed by atoms with Crippen molar-refractivity contribution in [1.82, 2.24) is 14.5 Å². The van der Waals surface area contributed by atoms with Crippen LogP contribution in [0.4, 0.5) is 19.0 Å². The van der Waals surface area contributed by atoms with Crippen molar-refractivity contribution in [2.45, 2.75) is 44.7 Å². The van der Waals surface area contributed by atoms with Gasteiger partial charge in [-0.25, -0.2) is 4.98 Å². The van der Waals surface area contributed by atoms with E-state index in [4.69, 9.17) is 9.97 Å². The van der Waals surface area contributed by atoms with E-state index in [2.05, 4.69) is 9.50 Å². The van der Waals surface area contributed by atoms with E-state index < -0.39 is 21.4 Å². The molecule has 36 heavy (non-hydrogen) atoms. The maximum absolute atomic E-state index is 12.9. The molecule has 0 saturated heterocycles. The highest BCUT2D eigenvalue weighted by molar-refractivity contribution is 7.88. The number of halogens is 3. The molecule has 1 N–H and O–H groups in total. The molecule has 0 aliphatic heterocycles. The first-order valence-electron chi connectivity index (χ1n) is 11.4. The first-order valence-corrected chi connectivity index (χ1v) is 12.8. The Bertz CT molecular complexity index is 1530. The van der Waals surface area contributed by atoms with Crippen molar-refractivity contribution in [3.8, 4) is 11.7 Å². The predicted molar refractivity (Wildman–Crippen MR) is 130 cm³/mol. The molecule has 2 aromatic carbocycles. The Morgan fingerprint density at radius 2 is 1.78 bits per heavy atom. The van der Waals surface area contributed by atoms with Crippen molar-refractivity contribution in [2.24, 2.45) is 0 Å². The van der Waals surface area contributed by atoms with Crippen molar-refractivity contribution in [3.63, 3.8) is 0 Å². The maximum atomic E-state index is 12.9. The average molecular weight is 517 g/mol. The SMILES string of the molecule is Cc1cc2c(OS(=O)(=O)C(F)(F)F)cccc2n1-c1nc2c(c(NCc3ccccc3)n1)CCCC2. The second kappa shape index (κ2) is 9.12. The molecule has 0 atom stereocenters. The second-order valence-corrected chi connectivity index (χ2v) is 10.2. The summed E-state index contributed by atoms with van der Waals surface area (Å²) >= 11 is 0. The predicted octanol–water partition coefficient (Wildman–Crippen LogP) is 5.45. The van der Waals surface area contributed by atoms with Crippen LogP contribution in [0.15, 0.2) is 54.6 Å². The Kier molecular flexibility index (Phi) is 6.11. The average Bonchev–Trinajstić information content (AvgIpc) is 3.19. The van der Waals surface area contributed by atoms with Crippen molar-refractivity contribution >= 4 is 26.8 Å². The summed E-state index contributed by atoms with van der Waals surface area (Å²) in [6.45, 7) is 2.32. The van der Waals surface area contributed by atoms with Crippen LogP contribution in [-0.4, -0.2) is 28.5 Å². The van der Waals surface area contributed by atoms with E-state index >= 15 is 0 Å². The van der Waals surface area contributed by atoms with E-state index in [1.165, 1.54) is 12.1 Å². The summed E-state index contributed by atoms with van der Waals surface area (Å²) in [5.41, 5.74) is -1.39. The first-order chi connectivity index (χ1) is 17.1. The van der Waals surface area contributed by atoms with Gasteiger partial charge in [0.2, 0.25) is 5.95 Å². The maximum Gasteiger partial charge on any atom is 0.534 e. The third kappa shape index (κ3) is 4.50. The molecule has 0 unspecified atom stereocenters. The molecule has 0 saturated carbocycles. The van der Waals surface area contributed by atoms with Crippen LogP contribution in [0.1, 0.15) is 35.4 Å². The zero-order valence-electron chi connectivity index (χ0n) is 19.3. The minimum absolute atomic E-state index is 0.211. The van der Waals surface area contributed by atoms with Crippen LogP contribution < -0.4 is 9.50 Å². The lowest BCUT2D eigenvalue weighted by Crippen LogP contribution is -2.28. The number of hydrogen-bond acceptors (Lipinski definition) is 6. The molecule has 1 aliphatic carbocycles. The summed E-state index contributed by atoms with van der Waals surface area (Å²) in [6.07, 6.45) is 3.68. The zero-order chi connectivity index (χ0) is 25.5. The second-order valence-electron chi connectivity index (χ2n) is 8.64. The summed E-state index contributed by atoms with van der Waals surface area (Å²) in [5.74, 6) is 0.661. The Balaban J connectivity index is 1.59. The molecule has 4 aromatic rings. The molecule has 0 fully saturated rings. The topological polar surface area (TPSA) is 86.1 Å². The lowest BCUT2D eigenvalue weighted by atomic mass is 9.96. The standard InChI is InChI=1S/C25H23F3N4O3S/c1-16-14-19-21(12-7-13-22(19)35-36(33,34)25(26,27)28)32(16)24-30-20-11-6-5-10-18(20)23(31-24)29-15-17-8-3-2-4-9-17/h2-4,7-9,12-14H,5-6,10-11,15H2,1H3,(H,29,30,31). The number of aromatic nitrogens is 3. The van der Waals surface area contributed by atoms with Crippen molar-refractivity contribution in [3.05, 3.63) is 77.1 Å². The van der Waals surface area contributed by atoms with Crippen LogP contribution in [0, 0.1) is 6.92 Å². The van der Waals surface area contributed by atoms with E-state index in [-0.39, 0.29) is 5.39 Å². The summed E-state index contributed by atoms with van der Waals surface area (Å²) in [4.78, 5) is 9.60. The molecule has 7 nitrogen and oxygen atoms in total. The molecule has 0 amide bonds. The number of benzene rings is 2. The van der Waals surface area contributed by atoms with Gasteiger partial charge in [0.05, 0.1) is 11.2 Å². The van der Waals surface area contributed by atoms with Crippen LogP contribution >= 0.6 is 0 Å². The fourth-order valence-electron chi connectivity index (χ4n) is 4.45. The molecule has 0 radical (unpaired) electrons. The van der Waals surface area contributed by atoms with Gasteiger partial charge < -0.3 is 9.50 Å². The smallest absolute Gasteiger partial charge is 0.375 e. The summed E-state index contributed by atoms with van der Waals surface area (Å²) in [5, 5.41) is 3.64. The van der Waals surface area contributed by atoms with E-state index in [0.717, 1.165) is 42.5 Å². The Morgan fingerprint density at radius 1 is 1.03 bits per heavy atom. The number of aryl methyl sites for hydroxylation is 2. The van der Waals surface area contributed by atoms with Crippen LogP contribution in [0.3, 0.4) is 0 Å². The highest BCUT2D eigenvalue weighted by Crippen LogP contribution is 2.35. The number of nitrogens with one attached hydrogen (secondary N) is 1. The molecular weight excluding hydrogens is 493 g/mol. The molecule has 11 heteroatoms. The molecule has 5 rings (SSSR count). The van der Waals surface area contributed by atoms with Crippen molar-refractivity contribution in [1.29, 1.82) is 0 Å². The number of fused-ring (bicyclic) bond motifs is 2. The number of alkyl halides is 3. The van der Waals surface area contributed by atoms with Gasteiger partial charge in [-0.15, -0.1) is 0 Å². The van der Waals surface area contributed by atoms with Gasteiger partial charge in [0.25, 0.3) is 0 Å². The molecular formula is C25H23F3N4O3S. The fraction of sp³-hybridized carbons (Fsp3) is 0.280. The monoisotopic (exact) mass is 516 g/mol. The van der Waals surface area contributed by atoms with Gasteiger partial charge in [-0.1, -0.05) is 36.4 Å². The Hall–Kier alpha value is -3.60. The third-order valence-corrected chi connectivity index (χ3v) is 7.11. The van der Waals surface area contributed by atoms with E-state index in [1.807, 2.05) is 30.3 Å². The molecule has 0 bridgehead atoms. The summed E-state index contributed by atoms with van der Waals surface area (Å²) in [7, 11) is -5.81. The van der Waals surface area contributed by atoms with Crippen LogP contribution in [0.2, 0.25) is 0 Å². The summed E-state index contributed by atoms with van der Waals surface area (Å²) in [6, 6.07) is 15.8. The van der Waals surface area contributed by atoms with Crippen LogP contribution in [0.25, 0.3) is 16.9 Å². The molecule has 0 spiro atoms. The normalized spacial score (nSPS) is 14.0. The van der Waals surface area contributed by atoms with Gasteiger partial charge in [0.1, 0.15) is 5.82 Å². The fourth-order valence-corrected chi connectivity index (χ4v) is 4.92. The number of nitrogens with zero attached hydrogens (tertiary/aromatic N) is 3. The Labute approximate surface area is 206 Å². The van der Waals surface area contributed by atoms with Gasteiger partial charge >= 0.3 is 15.6 Å². The zero-order valence-corrected chi connectivity index (χ0v) is 20.2. The van der Waals surface area contributed by atoms with Crippen molar-refractivity contribution in [2.75, 3.05) is 5.32 Å². The van der Waals surface area contributed by atoms with Crippen LogP contribution in [0.5, 0.6) is 5.75 Å².